The summed E-state index contributed by atoms with van der Waals surface area (Å²) in [6.07, 6.45) is 5.26. The van der Waals surface area contributed by atoms with E-state index in [2.05, 4.69) is 58.0 Å². The molecule has 1 saturated carbocycles. The molecule has 3 aliphatic rings. The third kappa shape index (κ3) is 2.57. The molecule has 2 N–H and O–H groups in total. The molecule has 0 aromatic heterocycles. The molecule has 1 spiro atoms. The van der Waals surface area contributed by atoms with Crippen LogP contribution in [0.1, 0.15) is 42.4 Å². The first-order valence-corrected chi connectivity index (χ1v) is 9.78. The highest BCUT2D eigenvalue weighted by atomic mass is 15.2. The number of rotatable bonds is 2. The Labute approximate surface area is 150 Å². The standard InChI is InChI=1S/C22H27N3/c1-2-6-20-18(5-1)22(9-3-4-10-22)19-15-17(7-8-21(19)24-20)16-25-13-11-23-12-14-25/h1-2,5-8,15,23-24H,3-4,9-14,16H2. The Morgan fingerprint density at radius 3 is 2.48 bits per heavy atom. The molecule has 1 saturated heterocycles. The van der Waals surface area contributed by atoms with Crippen LogP contribution in [-0.4, -0.2) is 31.1 Å². The second-order valence-corrected chi connectivity index (χ2v) is 7.87. The summed E-state index contributed by atoms with van der Waals surface area (Å²) >= 11 is 0. The van der Waals surface area contributed by atoms with Crippen molar-refractivity contribution in [3.63, 3.8) is 0 Å². The van der Waals surface area contributed by atoms with Crippen LogP contribution in [0.2, 0.25) is 0 Å². The Kier molecular flexibility index (Phi) is 3.79. The Hall–Kier alpha value is -1.84. The van der Waals surface area contributed by atoms with Gasteiger partial charge < -0.3 is 10.6 Å². The zero-order chi connectivity index (χ0) is 16.7. The SMILES string of the molecule is c1ccc2c(c1)Nc1ccc(CN3CCNCC3)cc1C21CCCC1. The smallest absolute Gasteiger partial charge is 0.0426 e. The van der Waals surface area contributed by atoms with E-state index in [0.29, 0.717) is 0 Å². The Balaban J connectivity index is 1.54. The van der Waals surface area contributed by atoms with Crippen molar-refractivity contribution in [3.05, 3.63) is 59.2 Å². The van der Waals surface area contributed by atoms with E-state index in [0.717, 1.165) is 32.7 Å². The average molecular weight is 333 g/mol. The number of nitrogens with one attached hydrogen (secondary N) is 2. The second kappa shape index (κ2) is 6.15. The lowest BCUT2D eigenvalue weighted by Crippen LogP contribution is -2.42. The zero-order valence-corrected chi connectivity index (χ0v) is 14.9. The largest absolute Gasteiger partial charge is 0.355 e. The molecule has 2 heterocycles. The van der Waals surface area contributed by atoms with E-state index in [9.17, 15) is 0 Å². The molecule has 3 nitrogen and oxygen atoms in total. The average Bonchev–Trinajstić information content (AvgIpc) is 3.14. The molecule has 1 aliphatic carbocycles. The second-order valence-electron chi connectivity index (χ2n) is 7.87. The van der Waals surface area contributed by atoms with E-state index in [-0.39, 0.29) is 5.41 Å². The number of anilines is 2. The van der Waals surface area contributed by atoms with Crippen LogP contribution in [0, 0.1) is 0 Å². The molecule has 0 amide bonds. The lowest BCUT2D eigenvalue weighted by atomic mass is 9.69. The summed E-state index contributed by atoms with van der Waals surface area (Å²) in [5, 5.41) is 7.15. The van der Waals surface area contributed by atoms with Crippen molar-refractivity contribution in [2.75, 3.05) is 31.5 Å². The van der Waals surface area contributed by atoms with Gasteiger partial charge in [-0.05, 0) is 41.7 Å². The summed E-state index contributed by atoms with van der Waals surface area (Å²) in [4.78, 5) is 2.57. The molecule has 3 heteroatoms. The summed E-state index contributed by atoms with van der Waals surface area (Å²) in [5.74, 6) is 0. The zero-order valence-electron chi connectivity index (χ0n) is 14.9. The van der Waals surface area contributed by atoms with Gasteiger partial charge in [0.15, 0.2) is 0 Å². The topological polar surface area (TPSA) is 27.3 Å². The van der Waals surface area contributed by atoms with Crippen LogP contribution in [0.4, 0.5) is 11.4 Å². The minimum absolute atomic E-state index is 0.233. The van der Waals surface area contributed by atoms with Gasteiger partial charge in [0, 0.05) is 49.5 Å². The van der Waals surface area contributed by atoms with Gasteiger partial charge in [-0.15, -0.1) is 0 Å². The maximum absolute atomic E-state index is 3.70. The van der Waals surface area contributed by atoms with Crippen LogP contribution in [0.3, 0.4) is 0 Å². The first-order valence-electron chi connectivity index (χ1n) is 9.78. The normalized spacial score (nSPS) is 21.6. The van der Waals surface area contributed by atoms with Gasteiger partial charge in [-0.2, -0.15) is 0 Å². The van der Waals surface area contributed by atoms with Gasteiger partial charge in [0.25, 0.3) is 0 Å². The van der Waals surface area contributed by atoms with E-state index in [1.807, 2.05) is 0 Å². The number of hydrogen-bond acceptors (Lipinski definition) is 3. The van der Waals surface area contributed by atoms with Gasteiger partial charge in [0.1, 0.15) is 0 Å². The Morgan fingerprint density at radius 2 is 1.64 bits per heavy atom. The summed E-state index contributed by atoms with van der Waals surface area (Å²) in [6.45, 7) is 5.62. The molecule has 5 rings (SSSR count). The molecule has 2 aliphatic heterocycles. The monoisotopic (exact) mass is 333 g/mol. The number of nitrogens with zero attached hydrogens (tertiary/aromatic N) is 1. The van der Waals surface area contributed by atoms with Crippen LogP contribution in [-0.2, 0) is 12.0 Å². The van der Waals surface area contributed by atoms with Gasteiger partial charge in [-0.3, -0.25) is 4.90 Å². The van der Waals surface area contributed by atoms with Crippen molar-refractivity contribution in [2.45, 2.75) is 37.6 Å². The van der Waals surface area contributed by atoms with E-state index < -0.39 is 0 Å². The van der Waals surface area contributed by atoms with E-state index in [1.165, 1.54) is 53.7 Å². The summed E-state index contributed by atoms with van der Waals surface area (Å²) < 4.78 is 0. The van der Waals surface area contributed by atoms with Gasteiger partial charge in [-0.1, -0.05) is 43.2 Å². The molecule has 0 radical (unpaired) electrons. The summed E-state index contributed by atoms with van der Waals surface area (Å²) in [6, 6.07) is 16.1. The number of fused-ring (bicyclic) bond motifs is 4. The molecule has 2 aromatic carbocycles. The van der Waals surface area contributed by atoms with Crippen molar-refractivity contribution in [1.29, 1.82) is 0 Å². The molecule has 25 heavy (non-hydrogen) atoms. The molecule has 130 valence electrons. The maximum Gasteiger partial charge on any atom is 0.0426 e. The minimum atomic E-state index is 0.233. The lowest BCUT2D eigenvalue weighted by molar-refractivity contribution is 0.233. The van der Waals surface area contributed by atoms with Gasteiger partial charge in [0.05, 0.1) is 0 Å². The van der Waals surface area contributed by atoms with Crippen LogP contribution >= 0.6 is 0 Å². The fraction of sp³-hybridized carbons (Fsp3) is 0.455. The van der Waals surface area contributed by atoms with E-state index in [4.69, 9.17) is 0 Å². The van der Waals surface area contributed by atoms with Crippen molar-refractivity contribution >= 4 is 11.4 Å². The van der Waals surface area contributed by atoms with E-state index >= 15 is 0 Å². The summed E-state index contributed by atoms with van der Waals surface area (Å²) in [5.41, 5.74) is 7.39. The fourth-order valence-electron chi connectivity index (χ4n) is 5.14. The molecule has 0 bridgehead atoms. The number of piperazine rings is 1. The predicted octanol–water partition coefficient (Wildman–Crippen LogP) is 4.01. The van der Waals surface area contributed by atoms with Crippen molar-refractivity contribution in [3.8, 4) is 0 Å². The Bertz CT molecular complexity index is 771. The van der Waals surface area contributed by atoms with Gasteiger partial charge in [0.2, 0.25) is 0 Å². The highest BCUT2D eigenvalue weighted by Gasteiger charge is 2.42. The molecular formula is C22H27N3. The van der Waals surface area contributed by atoms with Crippen molar-refractivity contribution in [2.24, 2.45) is 0 Å². The number of benzene rings is 2. The third-order valence-corrected chi connectivity index (χ3v) is 6.38. The summed E-state index contributed by atoms with van der Waals surface area (Å²) in [7, 11) is 0. The minimum Gasteiger partial charge on any atom is -0.355 e. The third-order valence-electron chi connectivity index (χ3n) is 6.38. The highest BCUT2D eigenvalue weighted by molar-refractivity contribution is 5.76. The van der Waals surface area contributed by atoms with Crippen LogP contribution in [0.5, 0.6) is 0 Å². The first-order chi connectivity index (χ1) is 12.4. The molecular weight excluding hydrogens is 306 g/mol. The van der Waals surface area contributed by atoms with Gasteiger partial charge in [-0.25, -0.2) is 0 Å². The van der Waals surface area contributed by atoms with Gasteiger partial charge >= 0.3 is 0 Å². The predicted molar refractivity (Wildman–Crippen MR) is 104 cm³/mol. The fourth-order valence-corrected chi connectivity index (χ4v) is 5.14. The lowest BCUT2D eigenvalue weighted by Gasteiger charge is -2.39. The molecule has 2 fully saturated rings. The van der Waals surface area contributed by atoms with Crippen LogP contribution < -0.4 is 10.6 Å². The highest BCUT2D eigenvalue weighted by Crippen LogP contribution is 2.54. The van der Waals surface area contributed by atoms with Crippen LogP contribution in [0.25, 0.3) is 0 Å². The number of hydrogen-bond donors (Lipinski definition) is 2. The first kappa shape index (κ1) is 15.4. The number of para-hydroxylation sites is 1. The Morgan fingerprint density at radius 1 is 0.880 bits per heavy atom. The van der Waals surface area contributed by atoms with E-state index in [1.54, 1.807) is 0 Å². The molecule has 2 aromatic rings. The van der Waals surface area contributed by atoms with Crippen molar-refractivity contribution < 1.29 is 0 Å². The van der Waals surface area contributed by atoms with Crippen LogP contribution in [0.15, 0.2) is 42.5 Å². The maximum atomic E-state index is 3.70. The quantitative estimate of drug-likeness (QED) is 0.869. The molecule has 0 unspecified atom stereocenters. The molecule has 0 atom stereocenters. The van der Waals surface area contributed by atoms with Crippen molar-refractivity contribution in [1.82, 2.24) is 10.2 Å².